The maximum absolute atomic E-state index is 12.7. The number of hydrogen-bond donors (Lipinski definition) is 2. The summed E-state index contributed by atoms with van der Waals surface area (Å²) in [7, 11) is 0.241. The van der Waals surface area contributed by atoms with Gasteiger partial charge in [0.2, 0.25) is 5.91 Å². The minimum Gasteiger partial charge on any atom is -0.356 e. The number of nitrogens with zero attached hydrogens (tertiary/aromatic N) is 1. The van der Waals surface area contributed by atoms with Crippen molar-refractivity contribution in [3.8, 4) is 0 Å². The number of rotatable bonds is 12. The number of carbonyl (C=O) groups excluding carboxylic acids is 1. The van der Waals surface area contributed by atoms with Crippen molar-refractivity contribution in [2.24, 2.45) is 46.3 Å². The van der Waals surface area contributed by atoms with Gasteiger partial charge in [0.25, 0.3) is 10.1 Å². The van der Waals surface area contributed by atoms with E-state index < -0.39 is 10.1 Å². The second-order valence-corrected chi connectivity index (χ2v) is 16.9. The minimum absolute atomic E-state index is 0.172. The average molecular weight is 568 g/mol. The highest BCUT2D eigenvalue weighted by Gasteiger charge is 2.60. The van der Waals surface area contributed by atoms with Gasteiger partial charge in [-0.3, -0.25) is 9.35 Å². The normalized spacial score (nSPS) is 37.4. The summed E-state index contributed by atoms with van der Waals surface area (Å²) in [5.41, 5.74) is 1.08. The number of nitrogens with one attached hydrogen (secondary N) is 1. The van der Waals surface area contributed by atoms with Gasteiger partial charge in [0.05, 0.1) is 32.9 Å². The Kier molecular flexibility index (Phi) is 9.86. The van der Waals surface area contributed by atoms with E-state index in [1.807, 2.05) is 0 Å². The fourth-order valence-corrected chi connectivity index (χ4v) is 10.9. The van der Waals surface area contributed by atoms with Crippen molar-refractivity contribution < 1.29 is 22.2 Å². The predicted molar refractivity (Wildman–Crippen MR) is 159 cm³/mol. The predicted octanol–water partition coefficient (Wildman–Crippen LogP) is 6.31. The Morgan fingerprint density at radius 2 is 1.67 bits per heavy atom. The van der Waals surface area contributed by atoms with E-state index in [1.165, 1.54) is 64.2 Å². The summed E-state index contributed by atoms with van der Waals surface area (Å²) in [6, 6.07) is 0. The Bertz CT molecular complexity index is 952. The first kappa shape index (κ1) is 31.3. The van der Waals surface area contributed by atoms with E-state index in [0.717, 1.165) is 49.0 Å². The lowest BCUT2D eigenvalue weighted by molar-refractivity contribution is -0.890. The summed E-state index contributed by atoms with van der Waals surface area (Å²) in [6.45, 7) is 9.95. The fourth-order valence-electron chi connectivity index (χ4n) is 10.4. The molecule has 0 spiro atoms. The number of fused-ring (bicyclic) bond motifs is 5. The lowest BCUT2D eigenvalue weighted by atomic mass is 9.44. The molecule has 0 radical (unpaired) electrons. The zero-order valence-corrected chi connectivity index (χ0v) is 26.5. The quantitative estimate of drug-likeness (QED) is 0.164. The van der Waals surface area contributed by atoms with Gasteiger partial charge in [-0.05, 0) is 104 Å². The Morgan fingerprint density at radius 1 is 0.949 bits per heavy atom. The molecule has 0 aromatic rings. The van der Waals surface area contributed by atoms with Crippen molar-refractivity contribution in [2.45, 2.75) is 111 Å². The molecule has 6 nitrogen and oxygen atoms in total. The lowest BCUT2D eigenvalue weighted by Crippen LogP contribution is -2.53. The van der Waals surface area contributed by atoms with E-state index in [0.29, 0.717) is 47.2 Å². The molecule has 4 saturated carbocycles. The first-order valence-corrected chi connectivity index (χ1v) is 17.9. The van der Waals surface area contributed by atoms with E-state index in [9.17, 15) is 13.2 Å². The van der Waals surface area contributed by atoms with Crippen LogP contribution in [0.4, 0.5) is 0 Å². The Balaban J connectivity index is 1.20. The summed E-state index contributed by atoms with van der Waals surface area (Å²) in [6.07, 6.45) is 17.4. The molecule has 2 N–H and O–H groups in total. The number of hydrogen-bond acceptors (Lipinski definition) is 3. The average Bonchev–Trinajstić information content (AvgIpc) is 3.21. The van der Waals surface area contributed by atoms with E-state index in [-0.39, 0.29) is 11.7 Å². The fraction of sp³-hybridized carbons (Fsp3) is 0.969. The SMILES string of the molecule is C[C@H](CCC(=O)NCCC[N+](C)(C)CCCS(=O)(=O)O)[C@H]1CC[C@@H]2[C@@H]3CC[C@H]4CCCC[C@]4(C)[C@@H]3CC[C@@]21C. The van der Waals surface area contributed by atoms with Crippen molar-refractivity contribution in [3.63, 3.8) is 0 Å². The molecule has 7 heteroatoms. The van der Waals surface area contributed by atoms with Crippen LogP contribution >= 0.6 is 0 Å². The maximum Gasteiger partial charge on any atom is 0.265 e. The van der Waals surface area contributed by atoms with Crippen molar-refractivity contribution >= 4 is 16.0 Å². The molecule has 4 aliphatic rings. The molecule has 1 amide bonds. The highest BCUT2D eigenvalue weighted by molar-refractivity contribution is 7.85. The second-order valence-electron chi connectivity index (χ2n) is 15.4. The minimum atomic E-state index is -3.89. The standard InChI is InChI=1S/C32H58N2O4S/c1-24(11-16-30(35)33-20-8-21-34(4,5)22-9-23-39(36,37)38)27-14-15-28-26-13-12-25-10-6-7-18-31(25,2)29(26)17-19-32(27,28)3/h24-29H,6-23H2,1-5H3,(H-,33,35,36,37,38)/p+1/t24-,25-,26+,27-,28-,29-,31+,32-/m1/s1. The third-order valence-electron chi connectivity index (χ3n) is 12.6. The molecule has 4 rings (SSSR count). The summed E-state index contributed by atoms with van der Waals surface area (Å²) in [5.74, 6) is 5.13. The van der Waals surface area contributed by atoms with Crippen LogP contribution in [0.2, 0.25) is 0 Å². The maximum atomic E-state index is 12.7. The van der Waals surface area contributed by atoms with Crippen LogP contribution in [0.5, 0.6) is 0 Å². The van der Waals surface area contributed by atoms with Crippen LogP contribution in [0, 0.1) is 46.3 Å². The monoisotopic (exact) mass is 567 g/mol. The van der Waals surface area contributed by atoms with Gasteiger partial charge in [0.15, 0.2) is 0 Å². The van der Waals surface area contributed by atoms with E-state index in [4.69, 9.17) is 4.55 Å². The van der Waals surface area contributed by atoms with Crippen molar-refractivity contribution in [3.05, 3.63) is 0 Å². The molecule has 4 aliphatic carbocycles. The first-order valence-electron chi connectivity index (χ1n) is 16.3. The molecule has 0 heterocycles. The van der Waals surface area contributed by atoms with Gasteiger partial charge in [-0.1, -0.05) is 33.6 Å². The van der Waals surface area contributed by atoms with Crippen LogP contribution in [0.25, 0.3) is 0 Å². The molecule has 4 fully saturated rings. The van der Waals surface area contributed by atoms with Crippen LogP contribution in [0.1, 0.15) is 111 Å². The highest BCUT2D eigenvalue weighted by atomic mass is 32.2. The van der Waals surface area contributed by atoms with Crippen LogP contribution in [-0.2, 0) is 14.9 Å². The zero-order chi connectivity index (χ0) is 28.5. The largest absolute Gasteiger partial charge is 0.356 e. The van der Waals surface area contributed by atoms with Gasteiger partial charge in [0.1, 0.15) is 0 Å². The van der Waals surface area contributed by atoms with Crippen molar-refractivity contribution in [2.75, 3.05) is 39.5 Å². The summed E-state index contributed by atoms with van der Waals surface area (Å²) >= 11 is 0. The molecule has 0 unspecified atom stereocenters. The zero-order valence-electron chi connectivity index (χ0n) is 25.7. The molecule has 226 valence electrons. The van der Waals surface area contributed by atoms with Crippen LogP contribution in [0.15, 0.2) is 0 Å². The summed E-state index contributed by atoms with van der Waals surface area (Å²) < 4.78 is 31.5. The van der Waals surface area contributed by atoms with Gasteiger partial charge in [-0.15, -0.1) is 0 Å². The molecule has 8 atom stereocenters. The van der Waals surface area contributed by atoms with Gasteiger partial charge < -0.3 is 9.80 Å². The molecular weight excluding hydrogens is 508 g/mol. The van der Waals surface area contributed by atoms with Gasteiger partial charge in [0, 0.05) is 25.8 Å². The smallest absolute Gasteiger partial charge is 0.265 e. The van der Waals surface area contributed by atoms with Crippen LogP contribution in [0.3, 0.4) is 0 Å². The third-order valence-corrected chi connectivity index (χ3v) is 13.4. The van der Waals surface area contributed by atoms with Gasteiger partial charge in [-0.25, -0.2) is 0 Å². The van der Waals surface area contributed by atoms with Crippen molar-refractivity contribution in [1.29, 1.82) is 0 Å². The Labute approximate surface area is 239 Å². The summed E-state index contributed by atoms with van der Waals surface area (Å²) in [5, 5.41) is 3.13. The van der Waals surface area contributed by atoms with E-state index >= 15 is 0 Å². The van der Waals surface area contributed by atoms with Crippen LogP contribution in [-0.4, -0.2) is 62.8 Å². The molecule has 0 aromatic heterocycles. The Morgan fingerprint density at radius 3 is 2.41 bits per heavy atom. The number of quaternary nitrogens is 1. The number of carbonyl (C=O) groups is 1. The molecule has 0 aromatic carbocycles. The van der Waals surface area contributed by atoms with Crippen LogP contribution < -0.4 is 5.32 Å². The molecule has 0 bridgehead atoms. The van der Waals surface area contributed by atoms with E-state index in [1.54, 1.807) is 0 Å². The molecular formula is C32H59N2O4S+. The molecule has 0 aliphatic heterocycles. The lowest BCUT2D eigenvalue weighted by Gasteiger charge is -2.61. The topological polar surface area (TPSA) is 83.5 Å². The van der Waals surface area contributed by atoms with Crippen molar-refractivity contribution in [1.82, 2.24) is 5.32 Å². The number of amides is 1. The third kappa shape index (κ3) is 7.23. The van der Waals surface area contributed by atoms with Gasteiger partial charge >= 0.3 is 0 Å². The highest BCUT2D eigenvalue weighted by Crippen LogP contribution is 2.68. The summed E-state index contributed by atoms with van der Waals surface area (Å²) in [4.78, 5) is 12.7. The second kappa shape index (κ2) is 12.3. The molecule has 39 heavy (non-hydrogen) atoms. The van der Waals surface area contributed by atoms with E-state index in [2.05, 4.69) is 40.2 Å². The molecule has 0 saturated heterocycles. The Hall–Kier alpha value is -0.660. The first-order chi connectivity index (χ1) is 18.3. The van der Waals surface area contributed by atoms with Gasteiger partial charge in [-0.2, -0.15) is 8.42 Å².